The number of hydrogen-bond acceptors (Lipinski definition) is 18. The largest absolute Gasteiger partial charge is 0.480 e. The number of nitrogens with zero attached hydrogens (tertiary/aromatic N) is 4. The second kappa shape index (κ2) is 48.0. The Kier molecular flexibility index (Phi) is 42.3. The van der Waals surface area contributed by atoms with Gasteiger partial charge in [-0.3, -0.25) is 62.3 Å². The van der Waals surface area contributed by atoms with Gasteiger partial charge in [0, 0.05) is 65.2 Å². The number of carbonyl (C=O) groups excluding carboxylic acids is 2. The van der Waals surface area contributed by atoms with E-state index in [0.29, 0.717) is 37.1 Å². The number of phosphoric acid groups is 1. The fourth-order valence-electron chi connectivity index (χ4n) is 11.0. The zero-order valence-electron chi connectivity index (χ0n) is 53.6. The van der Waals surface area contributed by atoms with Crippen molar-refractivity contribution in [2.24, 2.45) is 0 Å². The van der Waals surface area contributed by atoms with Gasteiger partial charge < -0.3 is 40.3 Å². The molecule has 0 saturated heterocycles. The van der Waals surface area contributed by atoms with Crippen LogP contribution >= 0.6 is 7.82 Å². The number of anilines is 2. The van der Waals surface area contributed by atoms with Crippen molar-refractivity contribution in [2.45, 2.75) is 251 Å². The maximum absolute atomic E-state index is 13.1. The maximum atomic E-state index is 13.1. The number of esters is 2. The number of hydrogen-bond donors (Lipinski definition) is 6. The van der Waals surface area contributed by atoms with Crippen LogP contribution in [0.1, 0.15) is 243 Å². The lowest BCUT2D eigenvalue weighted by molar-refractivity contribution is -0.161. The van der Waals surface area contributed by atoms with Crippen molar-refractivity contribution in [1.82, 2.24) is 19.7 Å². The molecule has 1 aliphatic heterocycles. The molecule has 1 aromatic carbocycles. The van der Waals surface area contributed by atoms with Crippen LogP contribution in [0.4, 0.5) is 11.4 Å². The molecule has 1 unspecified atom stereocenters. The number of carboxylic acids is 3. The number of ether oxygens (including phenoxy) is 2. The number of pyridine rings is 1. The number of aromatic nitrogens is 1. The summed E-state index contributed by atoms with van der Waals surface area (Å²) in [5.41, 5.74) is 0.386. The lowest BCUT2D eigenvalue weighted by Crippen LogP contribution is -2.44. The Balaban J connectivity index is 1.47. The second-order valence-corrected chi connectivity index (χ2v) is 25.4. The van der Waals surface area contributed by atoms with Crippen molar-refractivity contribution in [3.8, 4) is 0 Å². The molecule has 0 amide bonds. The zero-order valence-corrected chi connectivity index (χ0v) is 54.5. The summed E-state index contributed by atoms with van der Waals surface area (Å²) in [4.78, 5) is 107. The first-order valence-electron chi connectivity index (χ1n) is 33.6. The quantitative estimate of drug-likeness (QED) is 0.0155. The summed E-state index contributed by atoms with van der Waals surface area (Å²) in [6, 6.07) is 3.64. The van der Waals surface area contributed by atoms with E-state index in [2.05, 4.69) is 24.5 Å². The van der Waals surface area contributed by atoms with E-state index >= 15 is 0 Å². The first-order valence-corrected chi connectivity index (χ1v) is 35.1. The van der Waals surface area contributed by atoms with Crippen molar-refractivity contribution in [2.75, 3.05) is 89.4 Å². The number of rotatable bonds is 54. The number of aryl methyl sites for hydroxylation is 1. The number of nitrogens with one attached hydrogen (secondary N) is 2. The Morgan fingerprint density at radius 3 is 1.31 bits per heavy atom. The van der Waals surface area contributed by atoms with Gasteiger partial charge in [-0.2, -0.15) is 0 Å². The van der Waals surface area contributed by atoms with Gasteiger partial charge in [0.1, 0.15) is 18.0 Å². The molecule has 88 heavy (non-hydrogen) atoms. The first kappa shape index (κ1) is 77.4. The van der Waals surface area contributed by atoms with Crippen molar-refractivity contribution >= 4 is 49.0 Å². The third kappa shape index (κ3) is 38.0. The molecule has 2 bridgehead atoms. The molecule has 23 heteroatoms. The summed E-state index contributed by atoms with van der Waals surface area (Å²) in [6.07, 6.45) is 35.8. The summed E-state index contributed by atoms with van der Waals surface area (Å²) in [5.74, 6) is -4.18. The number of carbonyl (C=O) groups is 5. The molecule has 3 rings (SSSR count). The van der Waals surface area contributed by atoms with E-state index in [4.69, 9.17) is 23.5 Å². The Labute approximate surface area is 524 Å². The lowest BCUT2D eigenvalue weighted by atomic mass is 10.0. The van der Waals surface area contributed by atoms with Crippen molar-refractivity contribution in [3.05, 3.63) is 49.5 Å². The van der Waals surface area contributed by atoms with E-state index in [1.54, 1.807) is 14.7 Å². The molecule has 0 radical (unpaired) electrons. The number of phosphoric ester groups is 1. The standard InChI is InChI=1S/C65H111N6O16P/c1-3-5-7-9-11-13-15-17-19-21-23-25-27-29-31-35-60(78)84-51-56(87-61(79)36-32-30-28-26-24-22-20-18-16-14-12-10-8-6-4-2)52-86-88(82,83)85-43-38-67-63-62(64(80)65(63)81)66-37-33-34-53-44-54-46-70(49-58(74)75)41-39-69(48-57(72)73)40-42-71(50-59(76)77)47-55(45-53)68-54/h44-45,56,66-67H,3-43,46-52H2,1-2H3,(H,72,73)(H,74,75)(H,76,77)(H,82,83)/t56-/m0/s1. The molecular weight excluding hydrogens is 1150 g/mol. The predicted octanol–water partition coefficient (Wildman–Crippen LogP) is 11.4. The average molecular weight is 1260 g/mol. The van der Waals surface area contributed by atoms with E-state index in [1.165, 1.54) is 141 Å². The van der Waals surface area contributed by atoms with Crippen LogP contribution in [0.2, 0.25) is 0 Å². The summed E-state index contributed by atoms with van der Waals surface area (Å²) in [5, 5.41) is 34.6. The molecule has 6 N–H and O–H groups in total. The minimum Gasteiger partial charge on any atom is -0.480 e. The lowest BCUT2D eigenvalue weighted by Gasteiger charge is -2.29. The minimum absolute atomic E-state index is 0.0246. The van der Waals surface area contributed by atoms with Crippen LogP contribution in [0.3, 0.4) is 0 Å². The van der Waals surface area contributed by atoms with Gasteiger partial charge in [-0.15, -0.1) is 0 Å². The Hall–Kier alpha value is -4.83. The molecule has 2 atom stereocenters. The second-order valence-electron chi connectivity index (χ2n) is 24.0. The molecule has 0 fully saturated rings. The monoisotopic (exact) mass is 1260 g/mol. The number of carboxylic acid groups (broad SMARTS) is 3. The third-order valence-electron chi connectivity index (χ3n) is 15.9. The number of aliphatic carboxylic acids is 3. The molecule has 1 aromatic heterocycles. The molecular formula is C65H111N6O16P. The fraction of sp³-hybridized carbons (Fsp3) is 0.785. The van der Waals surface area contributed by atoms with Crippen molar-refractivity contribution in [3.63, 3.8) is 0 Å². The van der Waals surface area contributed by atoms with Crippen molar-refractivity contribution < 1.29 is 67.3 Å². The molecule has 2 heterocycles. The molecule has 2 aromatic rings. The Bertz CT molecular complexity index is 2340. The topological polar surface area (TPSA) is 301 Å². The van der Waals surface area contributed by atoms with Gasteiger partial charge in [-0.1, -0.05) is 194 Å². The van der Waals surface area contributed by atoms with Crippen LogP contribution in [0.15, 0.2) is 21.7 Å². The van der Waals surface area contributed by atoms with Crippen LogP contribution in [0.5, 0.6) is 0 Å². The first-order chi connectivity index (χ1) is 42.5. The smallest absolute Gasteiger partial charge is 0.472 e. The summed E-state index contributed by atoms with van der Waals surface area (Å²) >= 11 is 0. The Morgan fingerprint density at radius 1 is 0.511 bits per heavy atom. The van der Waals surface area contributed by atoms with Gasteiger partial charge in [-0.05, 0) is 43.4 Å². The van der Waals surface area contributed by atoms with Gasteiger partial charge >= 0.3 is 37.7 Å². The van der Waals surface area contributed by atoms with Gasteiger partial charge in [0.25, 0.3) is 10.9 Å². The summed E-state index contributed by atoms with van der Waals surface area (Å²) in [7, 11) is -4.77. The fourth-order valence-corrected chi connectivity index (χ4v) is 11.8. The molecule has 502 valence electrons. The molecule has 0 saturated carbocycles. The minimum atomic E-state index is -4.77. The third-order valence-corrected chi connectivity index (χ3v) is 16.9. The Morgan fingerprint density at radius 2 is 0.886 bits per heavy atom. The van der Waals surface area contributed by atoms with Gasteiger partial charge in [0.2, 0.25) is 0 Å². The highest BCUT2D eigenvalue weighted by molar-refractivity contribution is 7.47. The van der Waals surface area contributed by atoms with Gasteiger partial charge in [0.05, 0.1) is 44.2 Å². The normalized spacial score (nSPS) is 14.6. The molecule has 0 aliphatic carbocycles. The maximum Gasteiger partial charge on any atom is 0.472 e. The van der Waals surface area contributed by atoms with E-state index in [-0.39, 0.29) is 103 Å². The summed E-state index contributed by atoms with van der Waals surface area (Å²) < 4.78 is 34.6. The van der Waals surface area contributed by atoms with Gasteiger partial charge in [0.15, 0.2) is 6.10 Å². The van der Waals surface area contributed by atoms with Crippen LogP contribution < -0.4 is 21.5 Å². The molecule has 0 spiro atoms. The highest BCUT2D eigenvalue weighted by Gasteiger charge is 2.28. The van der Waals surface area contributed by atoms with E-state index in [1.807, 2.05) is 12.1 Å². The highest BCUT2D eigenvalue weighted by atomic mass is 31.2. The van der Waals surface area contributed by atoms with E-state index in [9.17, 15) is 58.3 Å². The highest BCUT2D eigenvalue weighted by Crippen LogP contribution is 2.43. The van der Waals surface area contributed by atoms with Crippen LogP contribution in [-0.2, 0) is 66.6 Å². The van der Waals surface area contributed by atoms with Crippen molar-refractivity contribution in [1.29, 1.82) is 0 Å². The zero-order chi connectivity index (χ0) is 64.0. The molecule has 1 aliphatic rings. The van der Waals surface area contributed by atoms with E-state index in [0.717, 1.165) is 44.1 Å². The van der Waals surface area contributed by atoms with Crippen LogP contribution in [0.25, 0.3) is 0 Å². The van der Waals surface area contributed by atoms with Gasteiger partial charge in [-0.25, -0.2) is 4.57 Å². The van der Waals surface area contributed by atoms with E-state index < -0.39 is 67.8 Å². The predicted molar refractivity (Wildman–Crippen MR) is 342 cm³/mol. The average Bonchev–Trinajstić information content (AvgIpc) is 1.17. The molecule has 22 nitrogen and oxygen atoms in total. The van der Waals surface area contributed by atoms with Crippen LogP contribution in [-0.4, -0.2) is 155 Å². The number of unbranched alkanes of at least 4 members (excludes halogenated alkanes) is 28. The van der Waals surface area contributed by atoms with Crippen LogP contribution in [0, 0.1) is 0 Å². The summed E-state index contributed by atoms with van der Waals surface area (Å²) in [6.45, 7) is 3.45. The number of fused-ring (bicyclic) bond motifs is 2. The SMILES string of the molecule is CCCCCCCCCCCCCCCCCC(=O)OC[C@@H](COP(=O)(O)OCCNc1c(NCCCc2cc3nc(c2)CN(CC(=O)O)CCN(CC(=O)O)CCN(CC(=O)O)C3)c(=O)c1=O)OC(=O)CCCCCCCCCCCCCCCCC.